The Labute approximate surface area is 142 Å². The van der Waals surface area contributed by atoms with Crippen LogP contribution in [0.4, 0.5) is 0 Å². The molecule has 4 atom stereocenters. The minimum Gasteiger partial charge on any atom is -0.419 e. The number of hydrogen-bond donors (Lipinski definition) is 1. The number of esters is 2. The van der Waals surface area contributed by atoms with E-state index in [-0.39, 0.29) is 11.3 Å². The number of cyclic esters (lactones) is 1. The van der Waals surface area contributed by atoms with Crippen molar-refractivity contribution >= 4 is 29.6 Å². The van der Waals surface area contributed by atoms with Crippen molar-refractivity contribution in [3.8, 4) is 0 Å². The topological polar surface area (TPSA) is 98.9 Å². The zero-order valence-electron chi connectivity index (χ0n) is 13.1. The maximum Gasteiger partial charge on any atom is 0.342 e. The number of benzene rings is 1. The summed E-state index contributed by atoms with van der Waals surface area (Å²) in [4.78, 5) is 38.0. The fourth-order valence-corrected chi connectivity index (χ4v) is 4.96. The fourth-order valence-electron chi connectivity index (χ4n) is 3.39. The predicted octanol–water partition coefficient (Wildman–Crippen LogP) is 0.788. The predicted molar refractivity (Wildman–Crippen MR) is 84.8 cm³/mol. The SMILES string of the molecule is CC1(C)S[C@@H]2[C@H](N)C(=O)N2[C@H]1C(=O)OC1OC(=O)c2ccccc21. The van der Waals surface area contributed by atoms with Crippen LogP contribution in [0.2, 0.25) is 0 Å². The first kappa shape index (κ1) is 15.5. The highest BCUT2D eigenvalue weighted by atomic mass is 32.2. The molecule has 1 unspecified atom stereocenters. The number of ether oxygens (including phenoxy) is 2. The molecule has 2 N–H and O–H groups in total. The molecule has 24 heavy (non-hydrogen) atoms. The summed E-state index contributed by atoms with van der Waals surface area (Å²) in [5.74, 6) is -1.38. The number of nitrogens with two attached hydrogens (primary N) is 1. The van der Waals surface area contributed by atoms with Crippen LogP contribution in [0.25, 0.3) is 0 Å². The lowest BCUT2D eigenvalue weighted by Crippen LogP contribution is -2.68. The molecule has 0 radical (unpaired) electrons. The summed E-state index contributed by atoms with van der Waals surface area (Å²) in [6.07, 6.45) is -1.08. The molecule has 0 aromatic heterocycles. The molecule has 0 spiro atoms. The van der Waals surface area contributed by atoms with Crippen LogP contribution in [-0.2, 0) is 19.1 Å². The monoisotopic (exact) mass is 348 g/mol. The van der Waals surface area contributed by atoms with E-state index >= 15 is 0 Å². The molecule has 3 aliphatic rings. The van der Waals surface area contributed by atoms with Gasteiger partial charge in [-0.2, -0.15) is 0 Å². The van der Waals surface area contributed by atoms with E-state index < -0.39 is 35.1 Å². The van der Waals surface area contributed by atoms with Gasteiger partial charge < -0.3 is 20.1 Å². The summed E-state index contributed by atoms with van der Waals surface area (Å²) < 4.78 is 10.0. The van der Waals surface area contributed by atoms with E-state index in [1.165, 1.54) is 16.7 Å². The Morgan fingerprint density at radius 1 is 1.33 bits per heavy atom. The first-order chi connectivity index (χ1) is 11.3. The fraction of sp³-hybridized carbons (Fsp3) is 0.438. The van der Waals surface area contributed by atoms with Gasteiger partial charge in [-0.1, -0.05) is 18.2 Å². The maximum absolute atomic E-state index is 12.7. The molecule has 126 valence electrons. The average Bonchev–Trinajstić information content (AvgIpc) is 3.00. The Morgan fingerprint density at radius 3 is 2.79 bits per heavy atom. The zero-order valence-corrected chi connectivity index (χ0v) is 13.9. The number of amides is 1. The average molecular weight is 348 g/mol. The van der Waals surface area contributed by atoms with Gasteiger partial charge in [0.05, 0.1) is 5.56 Å². The van der Waals surface area contributed by atoms with E-state index in [2.05, 4.69) is 0 Å². The Morgan fingerprint density at radius 2 is 2.04 bits per heavy atom. The lowest BCUT2D eigenvalue weighted by Gasteiger charge is -2.42. The summed E-state index contributed by atoms with van der Waals surface area (Å²) in [6.45, 7) is 3.74. The van der Waals surface area contributed by atoms with Crippen molar-refractivity contribution in [2.75, 3.05) is 0 Å². The number of hydrogen-bond acceptors (Lipinski definition) is 7. The molecule has 0 aliphatic carbocycles. The largest absolute Gasteiger partial charge is 0.419 e. The third kappa shape index (κ3) is 1.99. The van der Waals surface area contributed by atoms with E-state index in [1.54, 1.807) is 24.3 Å². The summed E-state index contributed by atoms with van der Waals surface area (Å²) in [5.41, 5.74) is 6.70. The lowest BCUT2D eigenvalue weighted by atomic mass is 9.96. The van der Waals surface area contributed by atoms with Crippen LogP contribution in [0.3, 0.4) is 0 Å². The molecule has 4 rings (SSSR count). The van der Waals surface area contributed by atoms with Gasteiger partial charge in [0, 0.05) is 10.3 Å². The van der Waals surface area contributed by atoms with Crippen molar-refractivity contribution in [2.24, 2.45) is 5.73 Å². The normalized spacial score (nSPS) is 32.7. The third-order valence-electron chi connectivity index (χ3n) is 4.58. The standard InChI is InChI=1S/C16H16N2O5S/c1-16(2)10(18-11(19)9(17)12(18)24-16)14(21)23-15-8-6-4-3-5-7(8)13(20)22-15/h3-6,9-10,12,15H,17H2,1-2H3/t9-,10+,12-,15?/m1/s1. The number of fused-ring (bicyclic) bond motifs is 2. The molecule has 8 heteroatoms. The van der Waals surface area contributed by atoms with E-state index in [4.69, 9.17) is 15.2 Å². The number of nitrogens with zero attached hydrogens (tertiary/aromatic N) is 1. The summed E-state index contributed by atoms with van der Waals surface area (Å²) in [5, 5.41) is -0.219. The van der Waals surface area contributed by atoms with Gasteiger partial charge in [0.2, 0.25) is 5.91 Å². The van der Waals surface area contributed by atoms with E-state index in [0.717, 1.165) is 0 Å². The quantitative estimate of drug-likeness (QED) is 0.623. The molecule has 7 nitrogen and oxygen atoms in total. The number of rotatable bonds is 2. The Balaban J connectivity index is 1.57. The molecule has 1 aromatic rings. The Kier molecular flexibility index (Phi) is 3.20. The van der Waals surface area contributed by atoms with Gasteiger partial charge >= 0.3 is 11.9 Å². The van der Waals surface area contributed by atoms with Crippen LogP contribution in [0.1, 0.15) is 36.1 Å². The van der Waals surface area contributed by atoms with E-state index in [1.807, 2.05) is 13.8 Å². The molecule has 3 heterocycles. The van der Waals surface area contributed by atoms with Crippen molar-refractivity contribution in [1.82, 2.24) is 4.90 Å². The zero-order chi connectivity index (χ0) is 17.2. The van der Waals surface area contributed by atoms with E-state index in [0.29, 0.717) is 11.1 Å². The molecule has 0 saturated carbocycles. The van der Waals surface area contributed by atoms with Gasteiger partial charge in [-0.25, -0.2) is 9.59 Å². The molecular weight excluding hydrogens is 332 g/mol. The summed E-state index contributed by atoms with van der Waals surface area (Å²) in [6, 6.07) is 5.41. The lowest BCUT2D eigenvalue weighted by molar-refractivity contribution is -0.180. The van der Waals surface area contributed by atoms with Crippen LogP contribution >= 0.6 is 11.8 Å². The molecule has 2 saturated heterocycles. The first-order valence-corrected chi connectivity index (χ1v) is 8.45. The minimum absolute atomic E-state index is 0.219. The molecule has 1 amide bonds. The smallest absolute Gasteiger partial charge is 0.342 e. The maximum atomic E-state index is 12.7. The van der Waals surface area contributed by atoms with Gasteiger partial charge in [0.15, 0.2) is 0 Å². The van der Waals surface area contributed by atoms with Gasteiger partial charge in [0.25, 0.3) is 6.29 Å². The molecule has 1 aromatic carbocycles. The van der Waals surface area contributed by atoms with Crippen LogP contribution < -0.4 is 5.73 Å². The van der Waals surface area contributed by atoms with Crippen LogP contribution in [0.15, 0.2) is 24.3 Å². The first-order valence-electron chi connectivity index (χ1n) is 7.57. The van der Waals surface area contributed by atoms with Crippen molar-refractivity contribution in [1.29, 1.82) is 0 Å². The number of carbonyl (C=O) groups excluding carboxylic acids is 3. The minimum atomic E-state index is -1.08. The van der Waals surface area contributed by atoms with Crippen molar-refractivity contribution in [2.45, 2.75) is 42.3 Å². The highest BCUT2D eigenvalue weighted by molar-refractivity contribution is 8.01. The van der Waals surface area contributed by atoms with Crippen molar-refractivity contribution < 1.29 is 23.9 Å². The summed E-state index contributed by atoms with van der Waals surface area (Å²) in [7, 11) is 0. The van der Waals surface area contributed by atoms with Crippen LogP contribution in [0, 0.1) is 0 Å². The highest BCUT2D eigenvalue weighted by Gasteiger charge is 2.63. The second kappa shape index (κ2) is 4.97. The molecule has 2 fully saturated rings. The van der Waals surface area contributed by atoms with Crippen LogP contribution in [-0.4, -0.2) is 45.0 Å². The highest BCUT2D eigenvalue weighted by Crippen LogP contribution is 2.50. The number of carbonyl (C=O) groups is 3. The molecular formula is C16H16N2O5S. The number of thioether (sulfide) groups is 1. The van der Waals surface area contributed by atoms with E-state index in [9.17, 15) is 14.4 Å². The number of β-lactam (4-membered cyclic amide) rings is 1. The second-order valence-corrected chi connectivity index (χ2v) is 8.32. The van der Waals surface area contributed by atoms with Gasteiger partial charge in [0.1, 0.15) is 17.5 Å². The Hall–Kier alpha value is -2.06. The molecule has 3 aliphatic heterocycles. The van der Waals surface area contributed by atoms with Gasteiger partial charge in [-0.15, -0.1) is 11.8 Å². The molecule has 0 bridgehead atoms. The van der Waals surface area contributed by atoms with Crippen LogP contribution in [0.5, 0.6) is 0 Å². The van der Waals surface area contributed by atoms with Gasteiger partial charge in [-0.3, -0.25) is 4.79 Å². The third-order valence-corrected chi connectivity index (χ3v) is 6.17. The summed E-state index contributed by atoms with van der Waals surface area (Å²) >= 11 is 1.48. The Bertz CT molecular complexity index is 765. The second-order valence-electron chi connectivity index (χ2n) is 6.55. The van der Waals surface area contributed by atoms with Gasteiger partial charge in [-0.05, 0) is 19.9 Å². The van der Waals surface area contributed by atoms with Crippen molar-refractivity contribution in [3.63, 3.8) is 0 Å². The van der Waals surface area contributed by atoms with Crippen molar-refractivity contribution in [3.05, 3.63) is 35.4 Å².